The fourth-order valence-corrected chi connectivity index (χ4v) is 5.63. The molecular formula is C18H22N2O4S2. The molecule has 140 valence electrons. The summed E-state index contributed by atoms with van der Waals surface area (Å²) in [5, 5.41) is 11.8. The highest BCUT2D eigenvalue weighted by Crippen LogP contribution is 2.28. The number of hydrogen-bond acceptors (Lipinski definition) is 6. The van der Waals surface area contributed by atoms with E-state index in [2.05, 4.69) is 0 Å². The van der Waals surface area contributed by atoms with Gasteiger partial charge in [0.25, 0.3) is 10.0 Å². The van der Waals surface area contributed by atoms with Gasteiger partial charge in [0.2, 0.25) is 0 Å². The maximum atomic E-state index is 12.7. The van der Waals surface area contributed by atoms with Crippen LogP contribution in [0.2, 0.25) is 0 Å². The van der Waals surface area contributed by atoms with Crippen molar-refractivity contribution >= 4 is 33.3 Å². The zero-order valence-corrected chi connectivity index (χ0v) is 16.3. The van der Waals surface area contributed by atoms with Gasteiger partial charge in [-0.2, -0.15) is 4.31 Å². The van der Waals surface area contributed by atoms with Gasteiger partial charge < -0.3 is 14.8 Å². The third-order valence-corrected chi connectivity index (χ3v) is 7.77. The van der Waals surface area contributed by atoms with Crippen molar-refractivity contribution in [1.82, 2.24) is 4.31 Å². The number of carbonyl (C=O) groups is 1. The van der Waals surface area contributed by atoms with Crippen LogP contribution in [-0.4, -0.2) is 49.8 Å². The first kappa shape index (κ1) is 19.0. The normalized spacial score (nSPS) is 19.5. The van der Waals surface area contributed by atoms with Crippen molar-refractivity contribution < 1.29 is 18.3 Å². The molecule has 1 fully saturated rings. The SMILES string of the molecule is CC(C)(O)c1ccc(N2CCN(S(=O)(=O)c3cccs3)CC2C=O)cc1. The van der Waals surface area contributed by atoms with Crippen LogP contribution in [-0.2, 0) is 20.4 Å². The number of thiophene rings is 1. The lowest BCUT2D eigenvalue weighted by molar-refractivity contribution is -0.109. The molecular weight excluding hydrogens is 372 g/mol. The Balaban J connectivity index is 1.80. The van der Waals surface area contributed by atoms with E-state index < -0.39 is 21.7 Å². The first-order chi connectivity index (χ1) is 12.2. The molecule has 1 aliphatic rings. The highest BCUT2D eigenvalue weighted by Gasteiger charge is 2.34. The molecule has 2 heterocycles. The van der Waals surface area contributed by atoms with Crippen LogP contribution in [0.5, 0.6) is 0 Å². The van der Waals surface area contributed by atoms with Crippen molar-refractivity contribution in [3.05, 3.63) is 47.3 Å². The molecule has 3 rings (SSSR count). The summed E-state index contributed by atoms with van der Waals surface area (Å²) in [5.41, 5.74) is 0.682. The predicted molar refractivity (Wildman–Crippen MR) is 102 cm³/mol. The smallest absolute Gasteiger partial charge is 0.252 e. The van der Waals surface area contributed by atoms with E-state index in [0.717, 1.165) is 17.5 Å². The van der Waals surface area contributed by atoms with Crippen molar-refractivity contribution in [3.8, 4) is 0 Å². The third kappa shape index (κ3) is 3.68. The van der Waals surface area contributed by atoms with Crippen LogP contribution in [0.3, 0.4) is 0 Å². The second-order valence-electron chi connectivity index (χ2n) is 6.80. The minimum Gasteiger partial charge on any atom is -0.386 e. The summed E-state index contributed by atoms with van der Waals surface area (Å²) in [6.45, 7) is 4.29. The average molecular weight is 395 g/mol. The van der Waals surface area contributed by atoms with E-state index in [9.17, 15) is 18.3 Å². The van der Waals surface area contributed by atoms with Gasteiger partial charge in [0.15, 0.2) is 0 Å². The topological polar surface area (TPSA) is 77.9 Å². The quantitative estimate of drug-likeness (QED) is 0.786. The number of sulfonamides is 1. The van der Waals surface area contributed by atoms with Gasteiger partial charge >= 0.3 is 0 Å². The van der Waals surface area contributed by atoms with Crippen LogP contribution in [0.15, 0.2) is 46.0 Å². The standard InChI is InChI=1S/C18H22N2O4S2/c1-18(2,22)14-5-7-15(8-6-14)20-10-9-19(12-16(20)13-21)26(23,24)17-4-3-11-25-17/h3-8,11,13,16,22H,9-10,12H2,1-2H3. The Morgan fingerprint density at radius 3 is 2.42 bits per heavy atom. The fourth-order valence-electron chi connectivity index (χ4n) is 3.04. The number of piperazine rings is 1. The highest BCUT2D eigenvalue weighted by atomic mass is 32.2. The molecule has 1 unspecified atom stereocenters. The first-order valence-electron chi connectivity index (χ1n) is 8.32. The second kappa shape index (κ2) is 7.11. The van der Waals surface area contributed by atoms with Crippen molar-refractivity contribution in [3.63, 3.8) is 0 Å². The maximum Gasteiger partial charge on any atom is 0.252 e. The van der Waals surface area contributed by atoms with Gasteiger partial charge in [-0.15, -0.1) is 11.3 Å². The Hall–Kier alpha value is -1.74. The van der Waals surface area contributed by atoms with Crippen molar-refractivity contribution in [2.24, 2.45) is 0 Å². The Kier molecular flexibility index (Phi) is 5.21. The number of aldehydes is 1. The zero-order chi connectivity index (χ0) is 18.9. The Bertz CT molecular complexity index is 856. The number of nitrogens with zero attached hydrogens (tertiary/aromatic N) is 2. The number of aliphatic hydroxyl groups is 1. The van der Waals surface area contributed by atoms with Gasteiger partial charge in [-0.05, 0) is 43.0 Å². The number of benzene rings is 1. The molecule has 0 amide bonds. The molecule has 26 heavy (non-hydrogen) atoms. The molecule has 0 saturated carbocycles. The van der Waals surface area contributed by atoms with Crippen LogP contribution in [0.4, 0.5) is 5.69 Å². The van der Waals surface area contributed by atoms with E-state index in [4.69, 9.17) is 0 Å². The summed E-state index contributed by atoms with van der Waals surface area (Å²) in [4.78, 5) is 13.5. The van der Waals surface area contributed by atoms with E-state index in [0.29, 0.717) is 17.3 Å². The van der Waals surface area contributed by atoms with Crippen molar-refractivity contribution in [1.29, 1.82) is 0 Å². The number of rotatable bonds is 5. The van der Waals surface area contributed by atoms with Gasteiger partial charge in [-0.1, -0.05) is 18.2 Å². The molecule has 6 nitrogen and oxygen atoms in total. The molecule has 1 N–H and O–H groups in total. The Labute approximate surface area is 157 Å². The summed E-state index contributed by atoms with van der Waals surface area (Å²) >= 11 is 1.18. The van der Waals surface area contributed by atoms with Gasteiger partial charge in [0.1, 0.15) is 10.5 Å². The molecule has 1 saturated heterocycles. The van der Waals surface area contributed by atoms with Gasteiger partial charge in [0.05, 0.1) is 11.6 Å². The number of carbonyl (C=O) groups excluding carboxylic acids is 1. The van der Waals surface area contributed by atoms with Crippen LogP contribution in [0.25, 0.3) is 0 Å². The number of hydrogen-bond donors (Lipinski definition) is 1. The van der Waals surface area contributed by atoms with Gasteiger partial charge in [-0.3, -0.25) is 0 Å². The second-order valence-corrected chi connectivity index (χ2v) is 9.91. The van der Waals surface area contributed by atoms with Crippen LogP contribution >= 0.6 is 11.3 Å². The molecule has 1 aliphatic heterocycles. The highest BCUT2D eigenvalue weighted by molar-refractivity contribution is 7.91. The molecule has 0 spiro atoms. The lowest BCUT2D eigenvalue weighted by Gasteiger charge is -2.39. The number of anilines is 1. The van der Waals surface area contributed by atoms with Crippen LogP contribution in [0, 0.1) is 0 Å². The Morgan fingerprint density at radius 1 is 1.19 bits per heavy atom. The van der Waals surface area contributed by atoms with E-state index in [1.165, 1.54) is 15.6 Å². The maximum absolute atomic E-state index is 12.7. The average Bonchev–Trinajstić information content (AvgIpc) is 3.16. The Morgan fingerprint density at radius 2 is 1.88 bits per heavy atom. The first-order valence-corrected chi connectivity index (χ1v) is 10.6. The summed E-state index contributed by atoms with van der Waals surface area (Å²) in [6, 6.07) is 10.1. The molecule has 1 aromatic heterocycles. The molecule has 0 aliphatic carbocycles. The lowest BCUT2D eigenvalue weighted by Crippen LogP contribution is -2.55. The molecule has 1 aromatic carbocycles. The van der Waals surface area contributed by atoms with E-state index in [1.807, 2.05) is 29.2 Å². The lowest BCUT2D eigenvalue weighted by atomic mass is 9.98. The third-order valence-electron chi connectivity index (χ3n) is 4.53. The van der Waals surface area contributed by atoms with Gasteiger partial charge in [0, 0.05) is 25.3 Å². The van der Waals surface area contributed by atoms with Crippen molar-refractivity contribution in [2.75, 3.05) is 24.5 Å². The minimum absolute atomic E-state index is 0.122. The summed E-state index contributed by atoms with van der Waals surface area (Å²) in [7, 11) is -3.56. The monoisotopic (exact) mass is 394 g/mol. The summed E-state index contributed by atoms with van der Waals surface area (Å²) in [6.07, 6.45) is 0.792. The summed E-state index contributed by atoms with van der Waals surface area (Å²) < 4.78 is 27.0. The van der Waals surface area contributed by atoms with Crippen molar-refractivity contribution in [2.45, 2.75) is 29.7 Å². The molecule has 1 atom stereocenters. The predicted octanol–water partition coefficient (Wildman–Crippen LogP) is 2.05. The molecule has 2 aromatic rings. The van der Waals surface area contributed by atoms with Crippen LogP contribution < -0.4 is 4.90 Å². The molecule has 8 heteroatoms. The minimum atomic E-state index is -3.56. The van der Waals surface area contributed by atoms with E-state index >= 15 is 0 Å². The molecule has 0 radical (unpaired) electrons. The fraction of sp³-hybridized carbons (Fsp3) is 0.389. The van der Waals surface area contributed by atoms with Gasteiger partial charge in [-0.25, -0.2) is 8.42 Å². The van der Waals surface area contributed by atoms with E-state index in [1.54, 1.807) is 31.4 Å². The largest absolute Gasteiger partial charge is 0.386 e. The van der Waals surface area contributed by atoms with Crippen LogP contribution in [0.1, 0.15) is 19.4 Å². The van der Waals surface area contributed by atoms with E-state index in [-0.39, 0.29) is 6.54 Å². The zero-order valence-electron chi connectivity index (χ0n) is 14.7. The summed E-state index contributed by atoms with van der Waals surface area (Å²) in [5.74, 6) is 0. The molecule has 0 bridgehead atoms.